The van der Waals surface area contributed by atoms with Gasteiger partial charge >= 0.3 is 0 Å². The van der Waals surface area contributed by atoms with Crippen molar-refractivity contribution in [2.75, 3.05) is 19.0 Å². The van der Waals surface area contributed by atoms with Crippen LogP contribution in [0.4, 0.5) is 11.4 Å². The number of nitro benzene ring substituents is 1. The normalized spacial score (nSPS) is 10.9. The summed E-state index contributed by atoms with van der Waals surface area (Å²) in [6, 6.07) is 15.6. The number of nitro groups is 1. The first-order valence-corrected chi connectivity index (χ1v) is 9.32. The van der Waals surface area contributed by atoms with Crippen molar-refractivity contribution in [3.8, 4) is 5.69 Å². The van der Waals surface area contributed by atoms with Gasteiger partial charge in [0.05, 0.1) is 16.8 Å². The van der Waals surface area contributed by atoms with E-state index >= 15 is 0 Å². The molecule has 1 N–H and O–H groups in total. The SMILES string of the molecule is Cc1cc(/C=N\NC(=O)c2cccc(N(C)C)c2)c(C)n1-c1cccc([N+](=O)[O-])c1. The minimum absolute atomic E-state index is 0.0300. The predicted molar refractivity (Wildman–Crippen MR) is 118 cm³/mol. The molecule has 0 radical (unpaired) electrons. The molecule has 3 aromatic rings. The van der Waals surface area contributed by atoms with Crippen LogP contribution in [0.5, 0.6) is 0 Å². The monoisotopic (exact) mass is 405 g/mol. The van der Waals surface area contributed by atoms with Crippen LogP contribution in [-0.2, 0) is 0 Å². The molecular formula is C22H23N5O3. The second-order valence-corrected chi connectivity index (χ2v) is 7.08. The molecule has 3 rings (SSSR count). The smallest absolute Gasteiger partial charge is 0.271 e. The van der Waals surface area contributed by atoms with Gasteiger partial charge in [-0.1, -0.05) is 12.1 Å². The predicted octanol–water partition coefficient (Wildman–Crippen LogP) is 3.83. The second kappa shape index (κ2) is 8.60. The van der Waals surface area contributed by atoms with Crippen molar-refractivity contribution in [2.45, 2.75) is 13.8 Å². The molecule has 1 aromatic heterocycles. The van der Waals surface area contributed by atoms with Crippen molar-refractivity contribution >= 4 is 23.5 Å². The number of amides is 1. The quantitative estimate of drug-likeness (QED) is 0.383. The summed E-state index contributed by atoms with van der Waals surface area (Å²) in [5.41, 5.74) is 7.28. The Morgan fingerprint density at radius 1 is 1.13 bits per heavy atom. The Morgan fingerprint density at radius 2 is 1.87 bits per heavy atom. The average molecular weight is 405 g/mol. The lowest BCUT2D eigenvalue weighted by Gasteiger charge is -2.12. The molecule has 8 nitrogen and oxygen atoms in total. The lowest BCUT2D eigenvalue weighted by Crippen LogP contribution is -2.18. The van der Waals surface area contributed by atoms with Crippen molar-refractivity contribution in [3.63, 3.8) is 0 Å². The number of nitrogens with one attached hydrogen (secondary N) is 1. The van der Waals surface area contributed by atoms with E-state index in [0.29, 0.717) is 11.3 Å². The molecule has 2 aromatic carbocycles. The van der Waals surface area contributed by atoms with Crippen LogP contribution in [0.25, 0.3) is 5.69 Å². The van der Waals surface area contributed by atoms with Crippen molar-refractivity contribution < 1.29 is 9.72 Å². The molecule has 0 aliphatic carbocycles. The number of aryl methyl sites for hydroxylation is 1. The number of benzene rings is 2. The highest BCUT2D eigenvalue weighted by Gasteiger charge is 2.13. The number of hydrogen-bond donors (Lipinski definition) is 1. The van der Waals surface area contributed by atoms with Gasteiger partial charge in [-0.2, -0.15) is 5.10 Å². The summed E-state index contributed by atoms with van der Waals surface area (Å²) in [5.74, 6) is -0.303. The molecule has 1 amide bonds. The van der Waals surface area contributed by atoms with Gasteiger partial charge in [-0.3, -0.25) is 14.9 Å². The van der Waals surface area contributed by atoms with E-state index in [4.69, 9.17) is 0 Å². The Bertz CT molecular complexity index is 1130. The standard InChI is InChI=1S/C22H23N5O3/c1-15-11-18(16(2)26(15)20-9-6-10-21(13-20)27(29)30)14-23-24-22(28)17-7-5-8-19(12-17)25(3)4/h5-14H,1-4H3,(H,24,28)/b23-14-. The number of non-ortho nitro benzene ring substituents is 1. The number of nitrogens with zero attached hydrogens (tertiary/aromatic N) is 4. The van der Waals surface area contributed by atoms with E-state index < -0.39 is 4.92 Å². The van der Waals surface area contributed by atoms with Crippen LogP contribution in [0.1, 0.15) is 27.3 Å². The molecule has 0 aliphatic heterocycles. The fourth-order valence-corrected chi connectivity index (χ4v) is 3.21. The molecule has 0 saturated carbocycles. The molecule has 30 heavy (non-hydrogen) atoms. The number of carbonyl (C=O) groups excluding carboxylic acids is 1. The summed E-state index contributed by atoms with van der Waals surface area (Å²) >= 11 is 0. The molecule has 8 heteroatoms. The van der Waals surface area contributed by atoms with E-state index in [1.807, 2.05) is 61.7 Å². The summed E-state index contributed by atoms with van der Waals surface area (Å²) in [6.07, 6.45) is 1.57. The first-order chi connectivity index (χ1) is 14.3. The van der Waals surface area contributed by atoms with Crippen LogP contribution < -0.4 is 10.3 Å². The molecule has 0 saturated heterocycles. The Balaban J connectivity index is 1.80. The average Bonchev–Trinajstić information content (AvgIpc) is 3.01. The third-order valence-electron chi connectivity index (χ3n) is 4.76. The summed E-state index contributed by atoms with van der Waals surface area (Å²) < 4.78 is 1.91. The molecule has 0 aliphatic rings. The number of anilines is 1. The highest BCUT2D eigenvalue weighted by molar-refractivity contribution is 5.95. The molecule has 0 bridgehead atoms. The van der Waals surface area contributed by atoms with Crippen LogP contribution in [0, 0.1) is 24.0 Å². The maximum Gasteiger partial charge on any atom is 0.271 e. The van der Waals surface area contributed by atoms with E-state index in [9.17, 15) is 14.9 Å². The van der Waals surface area contributed by atoms with Gasteiger partial charge in [0.25, 0.3) is 11.6 Å². The number of aromatic nitrogens is 1. The number of hydrazone groups is 1. The van der Waals surface area contributed by atoms with Gasteiger partial charge in [-0.05, 0) is 44.2 Å². The summed E-state index contributed by atoms with van der Waals surface area (Å²) in [7, 11) is 3.82. The maximum absolute atomic E-state index is 12.4. The minimum Gasteiger partial charge on any atom is -0.378 e. The van der Waals surface area contributed by atoms with Crippen molar-refractivity contribution in [3.05, 3.63) is 87.2 Å². The minimum atomic E-state index is -0.416. The van der Waals surface area contributed by atoms with Gasteiger partial charge in [0.1, 0.15) is 0 Å². The highest BCUT2D eigenvalue weighted by atomic mass is 16.6. The molecule has 0 spiro atoms. The largest absolute Gasteiger partial charge is 0.378 e. The topological polar surface area (TPSA) is 92.8 Å². The number of rotatable bonds is 6. The lowest BCUT2D eigenvalue weighted by atomic mass is 10.2. The molecule has 154 valence electrons. The van der Waals surface area contributed by atoms with Crippen LogP contribution in [0.2, 0.25) is 0 Å². The fourth-order valence-electron chi connectivity index (χ4n) is 3.21. The van der Waals surface area contributed by atoms with Crippen molar-refractivity contribution in [1.29, 1.82) is 0 Å². The fraction of sp³-hybridized carbons (Fsp3) is 0.182. The Labute approximate surface area is 174 Å². The second-order valence-electron chi connectivity index (χ2n) is 7.08. The molecule has 1 heterocycles. The van der Waals surface area contributed by atoms with E-state index in [1.165, 1.54) is 12.1 Å². The summed E-state index contributed by atoms with van der Waals surface area (Å²) in [6.45, 7) is 3.81. The van der Waals surface area contributed by atoms with Gasteiger partial charge in [0.2, 0.25) is 0 Å². The molecular weight excluding hydrogens is 382 g/mol. The van der Waals surface area contributed by atoms with E-state index in [0.717, 1.165) is 22.6 Å². The van der Waals surface area contributed by atoms with Gasteiger partial charge in [0, 0.05) is 54.4 Å². The molecule has 0 atom stereocenters. The van der Waals surface area contributed by atoms with Crippen LogP contribution in [-0.4, -0.2) is 35.7 Å². The van der Waals surface area contributed by atoms with Crippen LogP contribution in [0.3, 0.4) is 0 Å². The zero-order chi connectivity index (χ0) is 21.8. The Hall–Kier alpha value is -3.94. The van der Waals surface area contributed by atoms with Crippen molar-refractivity contribution in [2.24, 2.45) is 5.10 Å². The van der Waals surface area contributed by atoms with Gasteiger partial charge in [-0.25, -0.2) is 5.43 Å². The molecule has 0 fully saturated rings. The van der Waals surface area contributed by atoms with E-state index in [1.54, 1.807) is 24.4 Å². The van der Waals surface area contributed by atoms with Gasteiger partial charge in [0.15, 0.2) is 0 Å². The first kappa shape index (κ1) is 20.8. The van der Waals surface area contributed by atoms with Crippen molar-refractivity contribution in [1.82, 2.24) is 9.99 Å². The van der Waals surface area contributed by atoms with Crippen LogP contribution >= 0.6 is 0 Å². The summed E-state index contributed by atoms with van der Waals surface area (Å²) in [5, 5.41) is 15.2. The maximum atomic E-state index is 12.4. The van der Waals surface area contributed by atoms with E-state index in [2.05, 4.69) is 10.5 Å². The zero-order valence-electron chi connectivity index (χ0n) is 17.3. The first-order valence-electron chi connectivity index (χ1n) is 9.32. The van der Waals surface area contributed by atoms with Gasteiger partial charge < -0.3 is 9.47 Å². The Morgan fingerprint density at radius 3 is 2.57 bits per heavy atom. The van der Waals surface area contributed by atoms with Gasteiger partial charge in [-0.15, -0.1) is 0 Å². The number of hydrogen-bond acceptors (Lipinski definition) is 5. The third-order valence-corrected chi connectivity index (χ3v) is 4.76. The number of carbonyl (C=O) groups is 1. The molecule has 0 unspecified atom stereocenters. The summed E-state index contributed by atoms with van der Waals surface area (Å²) in [4.78, 5) is 25.0. The van der Waals surface area contributed by atoms with Crippen LogP contribution in [0.15, 0.2) is 59.7 Å². The highest BCUT2D eigenvalue weighted by Crippen LogP contribution is 2.23. The Kier molecular flexibility index (Phi) is 5.96. The lowest BCUT2D eigenvalue weighted by molar-refractivity contribution is -0.384. The van der Waals surface area contributed by atoms with E-state index in [-0.39, 0.29) is 11.6 Å². The third kappa shape index (κ3) is 4.38. The zero-order valence-corrected chi connectivity index (χ0v) is 17.3.